The Morgan fingerprint density at radius 1 is 1.26 bits per heavy atom. The summed E-state index contributed by atoms with van der Waals surface area (Å²) in [5.74, 6) is 1.70. The molecule has 1 heterocycles. The largest absolute Gasteiger partial charge is 0.497 e. The summed E-state index contributed by atoms with van der Waals surface area (Å²) >= 11 is 1.47. The number of nitrogens with one attached hydrogen (secondary N) is 1. The van der Waals surface area contributed by atoms with Crippen LogP contribution in [0.3, 0.4) is 0 Å². The number of hydrogen-bond donors (Lipinski definition) is 1. The smallest absolute Gasteiger partial charge is 0.233 e. The second-order valence-electron chi connectivity index (χ2n) is 6.88. The van der Waals surface area contributed by atoms with E-state index in [9.17, 15) is 4.79 Å². The summed E-state index contributed by atoms with van der Waals surface area (Å²) in [6.45, 7) is 4.74. The Kier molecular flexibility index (Phi) is 6.77. The van der Waals surface area contributed by atoms with Crippen molar-refractivity contribution in [3.8, 4) is 17.1 Å². The van der Waals surface area contributed by atoms with Gasteiger partial charge in [-0.2, -0.15) is 0 Å². The summed E-state index contributed by atoms with van der Waals surface area (Å²) in [5, 5.41) is 12.5. The highest BCUT2D eigenvalue weighted by Gasteiger charge is 2.23. The zero-order chi connectivity index (χ0) is 19.2. The Labute approximate surface area is 165 Å². The highest BCUT2D eigenvalue weighted by molar-refractivity contribution is 8.00. The molecule has 1 aliphatic rings. The van der Waals surface area contributed by atoms with Gasteiger partial charge in [0.25, 0.3) is 0 Å². The molecule has 1 unspecified atom stereocenters. The van der Waals surface area contributed by atoms with Gasteiger partial charge in [0.15, 0.2) is 11.0 Å². The minimum Gasteiger partial charge on any atom is -0.497 e. The maximum atomic E-state index is 12.6. The molecule has 1 saturated carbocycles. The van der Waals surface area contributed by atoms with Gasteiger partial charge in [0, 0.05) is 18.2 Å². The molecule has 1 aromatic carbocycles. The van der Waals surface area contributed by atoms with E-state index >= 15 is 0 Å². The van der Waals surface area contributed by atoms with Crippen LogP contribution in [0.2, 0.25) is 0 Å². The number of amides is 1. The van der Waals surface area contributed by atoms with Crippen LogP contribution in [0.4, 0.5) is 0 Å². The van der Waals surface area contributed by atoms with Crippen molar-refractivity contribution in [2.24, 2.45) is 0 Å². The molecule has 146 valence electrons. The van der Waals surface area contributed by atoms with Crippen LogP contribution in [0.1, 0.15) is 46.0 Å². The first-order valence-corrected chi connectivity index (χ1v) is 10.5. The topological polar surface area (TPSA) is 69.0 Å². The number of methoxy groups -OCH3 is 1. The number of aromatic nitrogens is 3. The number of hydrogen-bond acceptors (Lipinski definition) is 5. The predicted molar refractivity (Wildman–Crippen MR) is 108 cm³/mol. The fourth-order valence-electron chi connectivity index (χ4n) is 3.39. The first kappa shape index (κ1) is 19.7. The Morgan fingerprint density at radius 3 is 2.59 bits per heavy atom. The molecular formula is C20H28N4O2S. The zero-order valence-electron chi connectivity index (χ0n) is 16.3. The van der Waals surface area contributed by atoms with E-state index in [0.29, 0.717) is 6.04 Å². The number of benzene rings is 1. The summed E-state index contributed by atoms with van der Waals surface area (Å²) in [6, 6.07) is 8.10. The second-order valence-corrected chi connectivity index (χ2v) is 8.19. The van der Waals surface area contributed by atoms with E-state index in [1.165, 1.54) is 31.0 Å². The maximum absolute atomic E-state index is 12.6. The fraction of sp³-hybridized carbons (Fsp3) is 0.550. The molecule has 1 N–H and O–H groups in total. The van der Waals surface area contributed by atoms with Crippen LogP contribution in [0.5, 0.6) is 5.75 Å². The molecule has 0 aliphatic heterocycles. The third-order valence-electron chi connectivity index (χ3n) is 4.98. The Hall–Kier alpha value is -2.02. The van der Waals surface area contributed by atoms with Gasteiger partial charge in [-0.3, -0.25) is 4.79 Å². The maximum Gasteiger partial charge on any atom is 0.233 e. The van der Waals surface area contributed by atoms with E-state index in [4.69, 9.17) is 4.74 Å². The van der Waals surface area contributed by atoms with E-state index in [1.54, 1.807) is 7.11 Å². The minimum atomic E-state index is -0.204. The van der Waals surface area contributed by atoms with Crippen molar-refractivity contribution in [3.05, 3.63) is 24.3 Å². The highest BCUT2D eigenvalue weighted by Crippen LogP contribution is 2.28. The van der Waals surface area contributed by atoms with Crippen LogP contribution in [0.15, 0.2) is 29.4 Å². The van der Waals surface area contributed by atoms with Crippen LogP contribution in [0, 0.1) is 0 Å². The van der Waals surface area contributed by atoms with Gasteiger partial charge in [0.05, 0.1) is 12.4 Å². The van der Waals surface area contributed by atoms with Crippen molar-refractivity contribution in [1.82, 2.24) is 20.1 Å². The average molecular weight is 389 g/mol. The van der Waals surface area contributed by atoms with Gasteiger partial charge in [-0.15, -0.1) is 10.2 Å². The van der Waals surface area contributed by atoms with Crippen LogP contribution in [-0.4, -0.2) is 39.1 Å². The van der Waals surface area contributed by atoms with Crippen molar-refractivity contribution in [3.63, 3.8) is 0 Å². The molecule has 1 atom stereocenters. The lowest BCUT2D eigenvalue weighted by Crippen LogP contribution is -2.40. The van der Waals surface area contributed by atoms with Gasteiger partial charge in [-0.1, -0.05) is 31.0 Å². The molecule has 1 aliphatic carbocycles. The van der Waals surface area contributed by atoms with Gasteiger partial charge < -0.3 is 14.6 Å². The van der Waals surface area contributed by atoms with Crippen molar-refractivity contribution in [2.45, 2.75) is 68.9 Å². The van der Waals surface area contributed by atoms with Crippen molar-refractivity contribution in [2.75, 3.05) is 7.11 Å². The number of carbonyl (C=O) groups excluding carboxylic acids is 1. The Balaban J connectivity index is 1.69. The molecule has 0 spiro atoms. The SMILES string of the molecule is CCn1c(SC(C)C(=O)NC2CCCCC2)nnc1-c1ccc(OC)cc1. The first-order valence-electron chi connectivity index (χ1n) is 9.67. The van der Waals surface area contributed by atoms with Gasteiger partial charge in [-0.05, 0) is 51.0 Å². The molecule has 3 rings (SSSR count). The molecular weight excluding hydrogens is 360 g/mol. The van der Waals surface area contributed by atoms with Crippen LogP contribution < -0.4 is 10.1 Å². The zero-order valence-corrected chi connectivity index (χ0v) is 17.1. The number of ether oxygens (including phenoxy) is 1. The van der Waals surface area contributed by atoms with Gasteiger partial charge >= 0.3 is 0 Å². The molecule has 1 fully saturated rings. The summed E-state index contributed by atoms with van der Waals surface area (Å²) in [7, 11) is 1.65. The van der Waals surface area contributed by atoms with Crippen molar-refractivity contribution in [1.29, 1.82) is 0 Å². The van der Waals surface area contributed by atoms with E-state index in [2.05, 4.69) is 27.0 Å². The van der Waals surface area contributed by atoms with Crippen LogP contribution in [0.25, 0.3) is 11.4 Å². The minimum absolute atomic E-state index is 0.0866. The van der Waals surface area contributed by atoms with Crippen molar-refractivity contribution >= 4 is 17.7 Å². The standard InChI is InChI=1S/C20H28N4O2S/c1-4-24-18(15-10-12-17(26-3)13-11-15)22-23-20(24)27-14(2)19(25)21-16-8-6-5-7-9-16/h10-14,16H,4-9H2,1-3H3,(H,21,25). The molecule has 1 amide bonds. The van der Waals surface area contributed by atoms with Crippen LogP contribution in [-0.2, 0) is 11.3 Å². The first-order chi connectivity index (χ1) is 13.1. The van der Waals surface area contributed by atoms with Crippen molar-refractivity contribution < 1.29 is 9.53 Å². The second kappa shape index (κ2) is 9.26. The van der Waals surface area contributed by atoms with Gasteiger partial charge in [0.1, 0.15) is 5.75 Å². The molecule has 0 saturated heterocycles. The number of carbonyl (C=O) groups is 1. The Bertz CT molecular complexity index is 754. The number of thioether (sulfide) groups is 1. The molecule has 27 heavy (non-hydrogen) atoms. The van der Waals surface area contributed by atoms with Crippen LogP contribution >= 0.6 is 11.8 Å². The molecule has 0 bridgehead atoms. The summed E-state index contributed by atoms with van der Waals surface area (Å²) in [4.78, 5) is 12.6. The monoisotopic (exact) mass is 388 g/mol. The third-order valence-corrected chi connectivity index (χ3v) is 6.06. The quantitative estimate of drug-likeness (QED) is 0.729. The number of rotatable bonds is 7. The Morgan fingerprint density at radius 2 is 1.96 bits per heavy atom. The summed E-state index contributed by atoms with van der Waals surface area (Å²) < 4.78 is 7.27. The van der Waals surface area contributed by atoms with E-state index < -0.39 is 0 Å². The molecule has 7 heteroatoms. The highest BCUT2D eigenvalue weighted by atomic mass is 32.2. The molecule has 2 aromatic rings. The van der Waals surface area contributed by atoms with Gasteiger partial charge in [-0.25, -0.2) is 0 Å². The predicted octanol–water partition coefficient (Wildman–Crippen LogP) is 3.90. The lowest BCUT2D eigenvalue weighted by atomic mass is 9.95. The normalized spacial score (nSPS) is 16.1. The molecule has 1 aromatic heterocycles. The fourth-order valence-corrected chi connectivity index (χ4v) is 4.31. The molecule has 0 radical (unpaired) electrons. The van der Waals surface area contributed by atoms with E-state index in [0.717, 1.165) is 41.7 Å². The lowest BCUT2D eigenvalue weighted by molar-refractivity contribution is -0.121. The van der Waals surface area contributed by atoms with Gasteiger partial charge in [0.2, 0.25) is 5.91 Å². The summed E-state index contributed by atoms with van der Waals surface area (Å²) in [6.07, 6.45) is 5.89. The lowest BCUT2D eigenvalue weighted by Gasteiger charge is -2.24. The average Bonchev–Trinajstić information content (AvgIpc) is 3.11. The number of nitrogens with zero attached hydrogens (tertiary/aromatic N) is 3. The third kappa shape index (κ3) is 4.83. The summed E-state index contributed by atoms with van der Waals surface area (Å²) in [5.41, 5.74) is 0.983. The van der Waals surface area contributed by atoms with E-state index in [-0.39, 0.29) is 11.2 Å². The molecule has 6 nitrogen and oxygen atoms in total. The van der Waals surface area contributed by atoms with E-state index in [1.807, 2.05) is 31.2 Å².